The van der Waals surface area contributed by atoms with Crippen LogP contribution >= 0.6 is 24.0 Å². The second-order valence-electron chi connectivity index (χ2n) is 6.46. The second kappa shape index (κ2) is 14.0. The average molecular weight is 478 g/mol. The number of hydrogen-bond donors (Lipinski definition) is 2. The maximum absolute atomic E-state index is 5.62. The molecule has 6 nitrogen and oxygen atoms in total. The predicted octanol–water partition coefficient (Wildman–Crippen LogP) is 3.44. The van der Waals surface area contributed by atoms with Crippen LogP contribution in [0.15, 0.2) is 11.2 Å². The van der Waals surface area contributed by atoms with Crippen molar-refractivity contribution in [3.05, 3.63) is 23.0 Å². The highest BCUT2D eigenvalue weighted by atomic mass is 127. The molecule has 0 aromatic carbocycles. The fourth-order valence-corrected chi connectivity index (χ4v) is 2.39. The number of ether oxygens (including phenoxy) is 2. The Hall–Kier alpha value is -1.09. The van der Waals surface area contributed by atoms with Crippen molar-refractivity contribution in [2.24, 2.45) is 10.9 Å². The third-order valence-corrected chi connectivity index (χ3v) is 3.86. The average Bonchev–Trinajstić information content (AvgIpc) is 2.57. The van der Waals surface area contributed by atoms with E-state index in [4.69, 9.17) is 9.47 Å². The number of nitrogens with one attached hydrogen (secondary N) is 2. The van der Waals surface area contributed by atoms with Crippen LogP contribution in [0.2, 0.25) is 0 Å². The van der Waals surface area contributed by atoms with Crippen LogP contribution < -0.4 is 15.4 Å². The molecule has 0 unspecified atom stereocenters. The van der Waals surface area contributed by atoms with Crippen molar-refractivity contribution in [2.45, 2.75) is 47.6 Å². The van der Waals surface area contributed by atoms with Crippen molar-refractivity contribution in [1.29, 1.82) is 0 Å². The number of methoxy groups -OCH3 is 1. The Morgan fingerprint density at radius 3 is 2.58 bits per heavy atom. The summed E-state index contributed by atoms with van der Waals surface area (Å²) in [5.41, 5.74) is 3.00. The first-order valence-corrected chi connectivity index (χ1v) is 9.08. The smallest absolute Gasteiger partial charge is 0.191 e. The standard InChI is InChI=1S/C19H34N4O2.HI/c1-7-20-19(21-9-11-25-10-8-14(2)3)23-13-17-16(5)18(24-6)15(4)12-22-17;/h12,14H,7-11,13H2,1-6H3,(H2,20,21,23);1H. The van der Waals surface area contributed by atoms with Gasteiger partial charge in [-0.15, -0.1) is 24.0 Å². The molecule has 0 amide bonds. The Bertz CT molecular complexity index is 551. The molecule has 0 spiro atoms. The number of hydrogen-bond acceptors (Lipinski definition) is 4. The maximum atomic E-state index is 5.62. The van der Waals surface area contributed by atoms with Crippen LogP contribution in [0.3, 0.4) is 0 Å². The van der Waals surface area contributed by atoms with E-state index < -0.39 is 0 Å². The van der Waals surface area contributed by atoms with Gasteiger partial charge in [0.2, 0.25) is 0 Å². The number of rotatable bonds is 10. The van der Waals surface area contributed by atoms with Crippen LogP contribution in [-0.4, -0.2) is 44.4 Å². The quantitative estimate of drug-likeness (QED) is 0.234. The normalized spacial score (nSPS) is 11.3. The molecule has 0 bridgehead atoms. The number of aryl methyl sites for hydroxylation is 1. The summed E-state index contributed by atoms with van der Waals surface area (Å²) in [5.74, 6) is 2.33. The summed E-state index contributed by atoms with van der Waals surface area (Å²) >= 11 is 0. The van der Waals surface area contributed by atoms with Crippen LogP contribution in [0.4, 0.5) is 0 Å². The van der Waals surface area contributed by atoms with Crippen molar-refractivity contribution in [3.63, 3.8) is 0 Å². The molecule has 1 aromatic heterocycles. The Kier molecular flexibility index (Phi) is 13.4. The Labute approximate surface area is 175 Å². The third-order valence-electron chi connectivity index (χ3n) is 3.86. The molecule has 2 N–H and O–H groups in total. The van der Waals surface area contributed by atoms with E-state index in [1.807, 2.05) is 20.0 Å². The fourth-order valence-electron chi connectivity index (χ4n) is 2.39. The van der Waals surface area contributed by atoms with Gasteiger partial charge in [0.1, 0.15) is 5.75 Å². The third kappa shape index (κ3) is 9.02. The van der Waals surface area contributed by atoms with Crippen LogP contribution in [-0.2, 0) is 11.3 Å². The van der Waals surface area contributed by atoms with Crippen LogP contribution in [0, 0.1) is 19.8 Å². The summed E-state index contributed by atoms with van der Waals surface area (Å²) in [6, 6.07) is 0. The Balaban J connectivity index is 0.00000625. The fraction of sp³-hybridized carbons (Fsp3) is 0.684. The van der Waals surface area contributed by atoms with E-state index >= 15 is 0 Å². The highest BCUT2D eigenvalue weighted by Gasteiger charge is 2.09. The maximum Gasteiger partial charge on any atom is 0.191 e. The van der Waals surface area contributed by atoms with Gasteiger partial charge >= 0.3 is 0 Å². The van der Waals surface area contributed by atoms with E-state index in [9.17, 15) is 0 Å². The molecular weight excluding hydrogens is 443 g/mol. The van der Waals surface area contributed by atoms with Crippen LogP contribution in [0.5, 0.6) is 5.75 Å². The number of pyridine rings is 1. The molecule has 0 aliphatic rings. The van der Waals surface area contributed by atoms with Gasteiger partial charge in [-0.25, -0.2) is 4.99 Å². The molecule has 26 heavy (non-hydrogen) atoms. The molecule has 1 aromatic rings. The first-order valence-electron chi connectivity index (χ1n) is 9.08. The lowest BCUT2D eigenvalue weighted by molar-refractivity contribution is 0.128. The largest absolute Gasteiger partial charge is 0.496 e. The Morgan fingerprint density at radius 1 is 1.23 bits per heavy atom. The molecule has 1 rings (SSSR count). The highest BCUT2D eigenvalue weighted by Crippen LogP contribution is 2.24. The van der Waals surface area contributed by atoms with Crippen molar-refractivity contribution < 1.29 is 9.47 Å². The topological polar surface area (TPSA) is 67.8 Å². The minimum absolute atomic E-state index is 0. The summed E-state index contributed by atoms with van der Waals surface area (Å²) < 4.78 is 11.1. The van der Waals surface area contributed by atoms with Crippen molar-refractivity contribution >= 4 is 29.9 Å². The first kappa shape index (κ1) is 24.9. The van der Waals surface area contributed by atoms with Crippen LogP contribution in [0.25, 0.3) is 0 Å². The summed E-state index contributed by atoms with van der Waals surface area (Å²) in [6.07, 6.45) is 2.92. The lowest BCUT2D eigenvalue weighted by Crippen LogP contribution is -2.39. The minimum Gasteiger partial charge on any atom is -0.496 e. The summed E-state index contributed by atoms with van der Waals surface area (Å²) in [7, 11) is 1.69. The monoisotopic (exact) mass is 478 g/mol. The lowest BCUT2D eigenvalue weighted by atomic mass is 10.1. The van der Waals surface area contributed by atoms with Gasteiger partial charge in [0, 0.05) is 37.0 Å². The number of nitrogens with zero attached hydrogens (tertiary/aromatic N) is 2. The SMILES string of the molecule is CCNC(=NCc1ncc(C)c(OC)c1C)NCCOCCC(C)C.I. The molecule has 1 heterocycles. The predicted molar refractivity (Wildman–Crippen MR) is 119 cm³/mol. The van der Waals surface area contributed by atoms with Crippen molar-refractivity contribution in [2.75, 3.05) is 33.4 Å². The van der Waals surface area contributed by atoms with Crippen molar-refractivity contribution in [1.82, 2.24) is 15.6 Å². The van der Waals surface area contributed by atoms with Gasteiger partial charge in [-0.2, -0.15) is 0 Å². The van der Waals surface area contributed by atoms with Gasteiger partial charge in [-0.3, -0.25) is 4.98 Å². The number of aliphatic imine (C=N–C) groups is 1. The van der Waals surface area contributed by atoms with Gasteiger partial charge in [0.15, 0.2) is 5.96 Å². The van der Waals surface area contributed by atoms with Gasteiger partial charge in [-0.1, -0.05) is 13.8 Å². The number of aromatic nitrogens is 1. The van der Waals surface area contributed by atoms with E-state index in [1.165, 1.54) is 0 Å². The Morgan fingerprint density at radius 2 is 1.96 bits per heavy atom. The van der Waals surface area contributed by atoms with E-state index in [1.54, 1.807) is 7.11 Å². The molecule has 0 aliphatic carbocycles. The summed E-state index contributed by atoms with van der Waals surface area (Å²) in [6.45, 7) is 14.0. The van der Waals surface area contributed by atoms with Gasteiger partial charge in [0.05, 0.1) is 26.0 Å². The van der Waals surface area contributed by atoms with E-state index in [-0.39, 0.29) is 24.0 Å². The van der Waals surface area contributed by atoms with Crippen LogP contribution in [0.1, 0.15) is 44.0 Å². The molecule has 0 aliphatic heterocycles. The molecule has 0 saturated carbocycles. The number of halogens is 1. The van der Waals surface area contributed by atoms with Gasteiger partial charge < -0.3 is 20.1 Å². The molecule has 0 atom stereocenters. The second-order valence-corrected chi connectivity index (χ2v) is 6.46. The first-order chi connectivity index (χ1) is 12.0. The van der Waals surface area contributed by atoms with E-state index in [2.05, 4.69) is 41.4 Å². The number of guanidine groups is 1. The zero-order valence-corrected chi connectivity index (χ0v) is 19.3. The van der Waals surface area contributed by atoms with E-state index in [0.29, 0.717) is 19.1 Å². The van der Waals surface area contributed by atoms with Gasteiger partial charge in [-0.05, 0) is 33.1 Å². The van der Waals surface area contributed by atoms with Gasteiger partial charge in [0.25, 0.3) is 0 Å². The molecular formula is C19H35IN4O2. The lowest BCUT2D eigenvalue weighted by Gasteiger charge is -2.13. The van der Waals surface area contributed by atoms with E-state index in [0.717, 1.165) is 54.6 Å². The zero-order valence-electron chi connectivity index (χ0n) is 17.0. The molecule has 7 heteroatoms. The molecule has 0 saturated heterocycles. The molecule has 0 fully saturated rings. The molecule has 0 radical (unpaired) electrons. The summed E-state index contributed by atoms with van der Waals surface area (Å²) in [5, 5.41) is 6.54. The van der Waals surface area contributed by atoms with Crippen molar-refractivity contribution in [3.8, 4) is 5.75 Å². The molecule has 150 valence electrons. The summed E-state index contributed by atoms with van der Waals surface area (Å²) in [4.78, 5) is 9.10. The highest BCUT2D eigenvalue weighted by molar-refractivity contribution is 14.0. The minimum atomic E-state index is 0. The zero-order chi connectivity index (χ0) is 18.7.